The number of rotatable bonds is 5. The summed E-state index contributed by atoms with van der Waals surface area (Å²) in [6.07, 6.45) is 1.86. The fourth-order valence-electron chi connectivity index (χ4n) is 3.39. The number of H-pyrrole nitrogens is 1. The van der Waals surface area contributed by atoms with Crippen LogP contribution in [0.1, 0.15) is 28.9 Å². The first kappa shape index (κ1) is 22.4. The van der Waals surface area contributed by atoms with E-state index in [0.717, 1.165) is 18.0 Å². The van der Waals surface area contributed by atoms with Gasteiger partial charge in [0, 0.05) is 32.0 Å². The third-order valence-corrected chi connectivity index (χ3v) is 6.25. The highest BCUT2D eigenvalue weighted by Crippen LogP contribution is 2.32. The first-order chi connectivity index (χ1) is 15.6. The summed E-state index contributed by atoms with van der Waals surface area (Å²) in [6, 6.07) is 9.82. The molecule has 2 N–H and O–H groups in total. The third kappa shape index (κ3) is 4.70. The van der Waals surface area contributed by atoms with Gasteiger partial charge in [0.15, 0.2) is 21.4 Å². The van der Waals surface area contributed by atoms with Crippen LogP contribution in [0, 0.1) is 0 Å². The molecule has 1 aliphatic heterocycles. The Hall–Kier alpha value is -3.80. The minimum Gasteiger partial charge on any atom is -0.484 e. The molecule has 2 atom stereocenters. The fraction of sp³-hybridized carbons (Fsp3) is 0.286. The number of hydrogen-bond donors (Lipinski definition) is 2. The lowest BCUT2D eigenvalue weighted by Crippen LogP contribution is -2.53. The second-order valence-electron chi connectivity index (χ2n) is 7.70. The minimum absolute atomic E-state index is 0.0385. The molecule has 0 spiro atoms. The molecule has 172 valence electrons. The first-order valence-corrected chi connectivity index (χ1v) is 11.9. The van der Waals surface area contributed by atoms with E-state index in [9.17, 15) is 18.0 Å². The summed E-state index contributed by atoms with van der Waals surface area (Å²) in [5, 5.41) is 9.31. The summed E-state index contributed by atoms with van der Waals surface area (Å²) < 4.78 is 29.5. The van der Waals surface area contributed by atoms with Crippen LogP contribution >= 0.6 is 0 Å². The van der Waals surface area contributed by atoms with Gasteiger partial charge in [-0.2, -0.15) is 0 Å². The third-order valence-electron chi connectivity index (χ3n) is 5.17. The van der Waals surface area contributed by atoms with Gasteiger partial charge in [-0.25, -0.2) is 18.4 Å². The van der Waals surface area contributed by atoms with Crippen LogP contribution in [0.15, 0.2) is 47.5 Å². The summed E-state index contributed by atoms with van der Waals surface area (Å²) in [5.41, 5.74) is 1.00. The predicted molar refractivity (Wildman–Crippen MR) is 118 cm³/mol. The molecule has 0 saturated heterocycles. The molecule has 0 fully saturated rings. The van der Waals surface area contributed by atoms with E-state index in [1.54, 1.807) is 6.92 Å². The van der Waals surface area contributed by atoms with E-state index in [1.807, 2.05) is 30.3 Å². The maximum Gasteiger partial charge on any atom is 0.291 e. The van der Waals surface area contributed by atoms with Crippen LogP contribution in [0.3, 0.4) is 0 Å². The van der Waals surface area contributed by atoms with Gasteiger partial charge in [0.05, 0.1) is 4.90 Å². The highest BCUT2D eigenvalue weighted by atomic mass is 32.2. The molecule has 0 unspecified atom stereocenters. The highest BCUT2D eigenvalue weighted by Gasteiger charge is 2.37. The molecule has 3 aromatic rings. The number of anilines is 1. The van der Waals surface area contributed by atoms with Crippen molar-refractivity contribution < 1.29 is 22.7 Å². The fourth-order valence-corrected chi connectivity index (χ4v) is 3.96. The number of amides is 2. The molecule has 4 rings (SSSR count). The van der Waals surface area contributed by atoms with E-state index in [0.29, 0.717) is 12.2 Å². The number of benzene rings is 1. The maximum atomic E-state index is 13.0. The largest absolute Gasteiger partial charge is 0.484 e. The second-order valence-corrected chi connectivity index (χ2v) is 9.72. The number of nitrogens with one attached hydrogen (secondary N) is 2. The Balaban J connectivity index is 1.52. The quantitative estimate of drug-likeness (QED) is 0.555. The Morgan fingerprint density at radius 3 is 2.70 bits per heavy atom. The summed E-state index contributed by atoms with van der Waals surface area (Å²) in [5.74, 6) is -0.453. The number of aromatic amines is 1. The summed E-state index contributed by atoms with van der Waals surface area (Å²) >= 11 is 0. The summed E-state index contributed by atoms with van der Waals surface area (Å²) in [6.45, 7) is 1.59. The van der Waals surface area contributed by atoms with Crippen LogP contribution in [-0.4, -0.2) is 65.8 Å². The molecule has 0 aliphatic carbocycles. The van der Waals surface area contributed by atoms with Gasteiger partial charge in [-0.1, -0.05) is 30.3 Å². The summed E-state index contributed by atoms with van der Waals surface area (Å²) in [7, 11) is -2.05. The van der Waals surface area contributed by atoms with Gasteiger partial charge in [-0.05, 0) is 12.5 Å². The molecule has 0 radical (unpaired) electrons. The lowest BCUT2D eigenvalue weighted by Gasteiger charge is -2.22. The molecule has 2 amide bonds. The maximum absolute atomic E-state index is 13.0. The molecule has 33 heavy (non-hydrogen) atoms. The first-order valence-electron chi connectivity index (χ1n) is 10.0. The standard InChI is InChI=1S/C21H22N6O5S/c1-12-17(21(29)27(2)19-15(32-12)10-14(11-22-19)33(3,30)31)24-20(28)18-23-16(25-26-18)9-13-7-5-4-6-8-13/h4-8,10-12,17H,9H2,1-3H3,(H,24,28)(H,23,25,26)/t12-,17+/m1/s1. The van der Waals surface area contributed by atoms with Crippen LogP contribution in [0.5, 0.6) is 5.75 Å². The lowest BCUT2D eigenvalue weighted by molar-refractivity contribution is -0.121. The van der Waals surface area contributed by atoms with Gasteiger partial charge in [-0.15, -0.1) is 5.10 Å². The van der Waals surface area contributed by atoms with Crippen molar-refractivity contribution in [3.8, 4) is 5.75 Å². The predicted octanol–water partition coefficient (Wildman–Crippen LogP) is 0.736. The van der Waals surface area contributed by atoms with Crippen molar-refractivity contribution in [3.63, 3.8) is 0 Å². The number of hydrogen-bond acceptors (Lipinski definition) is 8. The summed E-state index contributed by atoms with van der Waals surface area (Å²) in [4.78, 5) is 35.3. The zero-order valence-electron chi connectivity index (χ0n) is 18.1. The van der Waals surface area contributed by atoms with Gasteiger partial charge in [0.1, 0.15) is 18.0 Å². The molecule has 11 nitrogen and oxygen atoms in total. The van der Waals surface area contributed by atoms with E-state index in [-0.39, 0.29) is 22.3 Å². The van der Waals surface area contributed by atoms with E-state index in [2.05, 4.69) is 25.5 Å². The molecule has 3 heterocycles. The number of nitrogens with zero attached hydrogens (tertiary/aromatic N) is 4. The number of ether oxygens (including phenoxy) is 1. The Kier molecular flexibility index (Phi) is 5.85. The van der Waals surface area contributed by atoms with Crippen molar-refractivity contribution in [1.29, 1.82) is 0 Å². The van der Waals surface area contributed by atoms with Crippen molar-refractivity contribution in [3.05, 3.63) is 59.8 Å². The average Bonchev–Trinajstić information content (AvgIpc) is 3.22. The molecule has 12 heteroatoms. The Labute approximate surface area is 190 Å². The number of carbonyl (C=O) groups excluding carboxylic acids is 2. The number of likely N-dealkylation sites (N-methyl/N-ethyl adjacent to an activating group) is 1. The van der Waals surface area contributed by atoms with E-state index in [4.69, 9.17) is 4.74 Å². The van der Waals surface area contributed by atoms with Crippen LogP contribution in [0.25, 0.3) is 0 Å². The van der Waals surface area contributed by atoms with Crippen molar-refractivity contribution in [2.75, 3.05) is 18.2 Å². The van der Waals surface area contributed by atoms with Crippen molar-refractivity contribution in [2.24, 2.45) is 0 Å². The number of carbonyl (C=O) groups is 2. The van der Waals surface area contributed by atoms with E-state index >= 15 is 0 Å². The van der Waals surface area contributed by atoms with Crippen molar-refractivity contribution in [1.82, 2.24) is 25.5 Å². The normalized spacial score (nSPS) is 18.3. The molecular weight excluding hydrogens is 448 g/mol. The minimum atomic E-state index is -3.52. The zero-order chi connectivity index (χ0) is 23.8. The molecule has 1 aromatic carbocycles. The molecular formula is C21H22N6O5S. The van der Waals surface area contributed by atoms with Crippen molar-refractivity contribution >= 4 is 27.5 Å². The zero-order valence-corrected chi connectivity index (χ0v) is 19.0. The molecule has 1 aliphatic rings. The monoisotopic (exact) mass is 470 g/mol. The van der Waals surface area contributed by atoms with Crippen LogP contribution in [-0.2, 0) is 21.1 Å². The van der Waals surface area contributed by atoms with Gasteiger partial charge in [0.25, 0.3) is 11.8 Å². The lowest BCUT2D eigenvalue weighted by atomic mass is 10.1. The number of aromatic nitrogens is 4. The van der Waals surface area contributed by atoms with E-state index in [1.165, 1.54) is 18.0 Å². The molecule has 0 saturated carbocycles. The van der Waals surface area contributed by atoms with Gasteiger partial charge >= 0.3 is 0 Å². The smallest absolute Gasteiger partial charge is 0.291 e. The van der Waals surface area contributed by atoms with Gasteiger partial charge < -0.3 is 10.1 Å². The Morgan fingerprint density at radius 2 is 2.00 bits per heavy atom. The van der Waals surface area contributed by atoms with Crippen LogP contribution in [0.4, 0.5) is 5.82 Å². The topological polar surface area (TPSA) is 147 Å². The highest BCUT2D eigenvalue weighted by molar-refractivity contribution is 7.90. The van der Waals surface area contributed by atoms with E-state index < -0.39 is 33.8 Å². The average molecular weight is 471 g/mol. The van der Waals surface area contributed by atoms with Crippen LogP contribution in [0.2, 0.25) is 0 Å². The SMILES string of the molecule is C[C@H]1Oc2cc(S(C)(=O)=O)cnc2N(C)C(=O)[C@H]1NC(=O)c1n[nH]c(Cc2ccccc2)n1. The Bertz CT molecular complexity index is 1310. The second kappa shape index (κ2) is 8.62. The van der Waals surface area contributed by atoms with Gasteiger partial charge in [0.2, 0.25) is 5.82 Å². The van der Waals surface area contributed by atoms with Crippen LogP contribution < -0.4 is 15.0 Å². The molecule has 2 aromatic heterocycles. The van der Waals surface area contributed by atoms with Gasteiger partial charge in [-0.3, -0.25) is 19.6 Å². The molecule has 0 bridgehead atoms. The number of sulfone groups is 1. The van der Waals surface area contributed by atoms with Crippen molar-refractivity contribution in [2.45, 2.75) is 30.4 Å². The number of pyridine rings is 1. The number of fused-ring (bicyclic) bond motifs is 1. The Morgan fingerprint density at radius 1 is 1.27 bits per heavy atom.